The molecule has 1 saturated heterocycles. The van der Waals surface area contributed by atoms with Crippen molar-refractivity contribution in [3.05, 3.63) is 28.8 Å². The molecule has 1 fully saturated rings. The van der Waals surface area contributed by atoms with Crippen molar-refractivity contribution in [2.45, 2.75) is 13.3 Å². The maximum absolute atomic E-state index is 12.0. The first kappa shape index (κ1) is 17.1. The molecule has 1 aliphatic rings. The zero-order valence-electron chi connectivity index (χ0n) is 13.0. The van der Waals surface area contributed by atoms with Gasteiger partial charge in [-0.1, -0.05) is 18.5 Å². The first-order valence-corrected chi connectivity index (χ1v) is 8.19. The van der Waals surface area contributed by atoms with Gasteiger partial charge in [-0.2, -0.15) is 0 Å². The van der Waals surface area contributed by atoms with Crippen LogP contribution in [0.1, 0.15) is 23.7 Å². The number of carbonyl (C=O) groups is 1. The average Bonchev–Trinajstić information content (AvgIpc) is 2.54. The van der Waals surface area contributed by atoms with Gasteiger partial charge in [0.2, 0.25) is 0 Å². The van der Waals surface area contributed by atoms with Crippen molar-refractivity contribution in [3.8, 4) is 5.75 Å². The van der Waals surface area contributed by atoms with E-state index in [1.54, 1.807) is 6.07 Å². The van der Waals surface area contributed by atoms with Crippen molar-refractivity contribution in [2.75, 3.05) is 45.8 Å². The Kier molecular flexibility index (Phi) is 6.49. The molecule has 1 heterocycles. The molecule has 0 unspecified atom stereocenters. The standard InChI is InChI=1S/C16H24ClN3O2/c1-2-19-8-10-20(11-9-19)7-3-6-18-16(22)14-12-13(17)4-5-15(14)21/h4-5,12,21H,2-3,6-11H2,1H3,(H,18,22). The smallest absolute Gasteiger partial charge is 0.255 e. The molecule has 1 aliphatic heterocycles. The highest BCUT2D eigenvalue weighted by Gasteiger charge is 2.15. The minimum absolute atomic E-state index is 0.0439. The van der Waals surface area contributed by atoms with Crippen molar-refractivity contribution in [1.29, 1.82) is 0 Å². The number of aromatic hydroxyl groups is 1. The number of hydrogen-bond acceptors (Lipinski definition) is 4. The van der Waals surface area contributed by atoms with Crippen LogP contribution in [0.25, 0.3) is 0 Å². The minimum Gasteiger partial charge on any atom is -0.507 e. The van der Waals surface area contributed by atoms with Gasteiger partial charge in [0.1, 0.15) is 5.75 Å². The van der Waals surface area contributed by atoms with Crippen molar-refractivity contribution in [2.24, 2.45) is 0 Å². The monoisotopic (exact) mass is 325 g/mol. The number of benzene rings is 1. The summed E-state index contributed by atoms with van der Waals surface area (Å²) in [6.07, 6.45) is 0.902. The molecule has 0 atom stereocenters. The molecule has 1 aromatic carbocycles. The van der Waals surface area contributed by atoms with Crippen LogP contribution in [0.4, 0.5) is 0 Å². The normalized spacial score (nSPS) is 16.6. The number of likely N-dealkylation sites (N-methyl/N-ethyl adjacent to an activating group) is 1. The molecule has 0 aromatic heterocycles. The fraction of sp³-hybridized carbons (Fsp3) is 0.562. The third kappa shape index (κ3) is 4.87. The van der Waals surface area contributed by atoms with E-state index in [4.69, 9.17) is 11.6 Å². The molecule has 0 aliphatic carbocycles. The van der Waals surface area contributed by atoms with E-state index in [9.17, 15) is 9.90 Å². The number of nitrogens with zero attached hydrogens (tertiary/aromatic N) is 2. The lowest BCUT2D eigenvalue weighted by Gasteiger charge is -2.33. The van der Waals surface area contributed by atoms with Gasteiger partial charge in [-0.25, -0.2) is 0 Å². The summed E-state index contributed by atoms with van der Waals surface area (Å²) in [4.78, 5) is 16.9. The molecular weight excluding hydrogens is 302 g/mol. The lowest BCUT2D eigenvalue weighted by Crippen LogP contribution is -2.46. The van der Waals surface area contributed by atoms with Crippen molar-refractivity contribution < 1.29 is 9.90 Å². The second-order valence-corrected chi connectivity index (χ2v) is 5.98. The highest BCUT2D eigenvalue weighted by molar-refractivity contribution is 6.31. The van der Waals surface area contributed by atoms with Gasteiger partial charge in [0, 0.05) is 37.7 Å². The van der Waals surface area contributed by atoms with Gasteiger partial charge in [-0.05, 0) is 37.7 Å². The van der Waals surface area contributed by atoms with Gasteiger partial charge in [0.05, 0.1) is 5.56 Å². The summed E-state index contributed by atoms with van der Waals surface area (Å²) < 4.78 is 0. The Balaban J connectivity index is 1.68. The van der Waals surface area contributed by atoms with Gasteiger partial charge in [0.15, 0.2) is 0 Å². The number of rotatable bonds is 6. The Bertz CT molecular complexity index is 502. The SMILES string of the molecule is CCN1CCN(CCCNC(=O)c2cc(Cl)ccc2O)CC1. The third-order valence-electron chi connectivity index (χ3n) is 4.05. The number of nitrogens with one attached hydrogen (secondary N) is 1. The van der Waals surface area contributed by atoms with Crippen LogP contribution < -0.4 is 5.32 Å². The number of piperazine rings is 1. The van der Waals surface area contributed by atoms with Crippen LogP contribution >= 0.6 is 11.6 Å². The average molecular weight is 326 g/mol. The summed E-state index contributed by atoms with van der Waals surface area (Å²) >= 11 is 5.85. The predicted octanol–water partition coefficient (Wildman–Crippen LogP) is 1.80. The first-order valence-electron chi connectivity index (χ1n) is 7.81. The molecule has 0 radical (unpaired) electrons. The second kappa shape index (κ2) is 8.36. The summed E-state index contributed by atoms with van der Waals surface area (Å²) in [5.74, 6) is -0.326. The van der Waals surface area contributed by atoms with Crippen LogP contribution in [0.3, 0.4) is 0 Å². The maximum Gasteiger partial charge on any atom is 0.255 e. The summed E-state index contributed by atoms with van der Waals surface area (Å²) in [5.41, 5.74) is 0.226. The first-order chi connectivity index (χ1) is 10.6. The van der Waals surface area contributed by atoms with Crippen LogP contribution in [0.5, 0.6) is 5.75 Å². The lowest BCUT2D eigenvalue weighted by molar-refractivity contribution is 0.0945. The summed E-state index contributed by atoms with van der Waals surface area (Å²) in [6.45, 7) is 9.33. The topological polar surface area (TPSA) is 55.8 Å². The van der Waals surface area contributed by atoms with E-state index in [2.05, 4.69) is 22.0 Å². The highest BCUT2D eigenvalue weighted by Crippen LogP contribution is 2.21. The van der Waals surface area contributed by atoms with Gasteiger partial charge in [0.25, 0.3) is 5.91 Å². The largest absolute Gasteiger partial charge is 0.507 e. The molecule has 0 bridgehead atoms. The second-order valence-electron chi connectivity index (χ2n) is 5.55. The summed E-state index contributed by atoms with van der Waals surface area (Å²) in [7, 11) is 0. The fourth-order valence-electron chi connectivity index (χ4n) is 2.62. The van der Waals surface area contributed by atoms with E-state index >= 15 is 0 Å². The van der Waals surface area contributed by atoms with Crippen molar-refractivity contribution in [1.82, 2.24) is 15.1 Å². The molecular formula is C16H24ClN3O2. The van der Waals surface area contributed by atoms with Crippen LogP contribution in [0, 0.1) is 0 Å². The van der Waals surface area contributed by atoms with Crippen molar-refractivity contribution in [3.63, 3.8) is 0 Å². The number of halogens is 1. The lowest BCUT2D eigenvalue weighted by atomic mass is 10.2. The van der Waals surface area contributed by atoms with Crippen molar-refractivity contribution >= 4 is 17.5 Å². The molecule has 6 heteroatoms. The van der Waals surface area contributed by atoms with Gasteiger partial charge >= 0.3 is 0 Å². The van der Waals surface area contributed by atoms with Crippen LogP contribution in [-0.4, -0.2) is 66.6 Å². The number of carbonyl (C=O) groups excluding carboxylic acids is 1. The van der Waals surface area contributed by atoms with Crippen LogP contribution in [-0.2, 0) is 0 Å². The molecule has 1 amide bonds. The van der Waals surface area contributed by atoms with Crippen LogP contribution in [0.15, 0.2) is 18.2 Å². The minimum atomic E-state index is -0.282. The number of hydrogen-bond donors (Lipinski definition) is 2. The zero-order chi connectivity index (χ0) is 15.9. The molecule has 1 aromatic rings. The highest BCUT2D eigenvalue weighted by atomic mass is 35.5. The van der Waals surface area contributed by atoms with E-state index in [0.29, 0.717) is 11.6 Å². The van der Waals surface area contributed by atoms with E-state index in [-0.39, 0.29) is 17.2 Å². The third-order valence-corrected chi connectivity index (χ3v) is 4.29. The predicted molar refractivity (Wildman–Crippen MR) is 88.6 cm³/mol. The molecule has 0 spiro atoms. The zero-order valence-corrected chi connectivity index (χ0v) is 13.8. The Morgan fingerprint density at radius 1 is 1.27 bits per heavy atom. The van der Waals surface area contributed by atoms with E-state index in [1.165, 1.54) is 12.1 Å². The molecule has 22 heavy (non-hydrogen) atoms. The molecule has 2 N–H and O–H groups in total. The Hall–Kier alpha value is -1.30. The van der Waals surface area contributed by atoms with E-state index in [0.717, 1.165) is 45.7 Å². The molecule has 5 nitrogen and oxygen atoms in total. The van der Waals surface area contributed by atoms with E-state index < -0.39 is 0 Å². The maximum atomic E-state index is 12.0. The Labute approximate surface area is 136 Å². The Morgan fingerprint density at radius 2 is 1.95 bits per heavy atom. The quantitative estimate of drug-likeness (QED) is 0.783. The summed E-state index contributed by atoms with van der Waals surface area (Å²) in [6, 6.07) is 4.48. The molecule has 2 rings (SSSR count). The van der Waals surface area contributed by atoms with E-state index in [1.807, 2.05) is 0 Å². The molecule has 0 saturated carbocycles. The number of phenolic OH excluding ortho intramolecular Hbond substituents is 1. The number of phenols is 1. The van der Waals surface area contributed by atoms with Gasteiger partial charge in [-0.15, -0.1) is 0 Å². The van der Waals surface area contributed by atoms with Gasteiger partial charge < -0.3 is 20.2 Å². The fourth-order valence-corrected chi connectivity index (χ4v) is 2.79. The number of amides is 1. The Morgan fingerprint density at radius 3 is 2.64 bits per heavy atom. The van der Waals surface area contributed by atoms with Crippen LogP contribution in [0.2, 0.25) is 5.02 Å². The molecule has 122 valence electrons. The summed E-state index contributed by atoms with van der Waals surface area (Å²) in [5, 5.41) is 13.0. The van der Waals surface area contributed by atoms with Gasteiger partial charge in [-0.3, -0.25) is 4.79 Å².